The Morgan fingerprint density at radius 1 is 1.12 bits per heavy atom. The molecule has 0 saturated heterocycles. The number of nitrogens with zero attached hydrogens (tertiary/aromatic N) is 4. The van der Waals surface area contributed by atoms with E-state index in [0.29, 0.717) is 29.2 Å². The summed E-state index contributed by atoms with van der Waals surface area (Å²) in [5.74, 6) is 0.747. The van der Waals surface area contributed by atoms with Gasteiger partial charge in [0.2, 0.25) is 5.89 Å². The second-order valence-corrected chi connectivity index (χ2v) is 11.0. The number of aliphatic hydroxyl groups excluding tert-OH is 1. The first kappa shape index (κ1) is 28.0. The van der Waals surface area contributed by atoms with Crippen molar-refractivity contribution in [2.45, 2.75) is 44.9 Å². The summed E-state index contributed by atoms with van der Waals surface area (Å²) in [6, 6.07) is 16.6. The summed E-state index contributed by atoms with van der Waals surface area (Å²) < 4.78 is 5.79. The highest BCUT2D eigenvalue weighted by Gasteiger charge is 2.42. The molecule has 41 heavy (non-hydrogen) atoms. The topological polar surface area (TPSA) is 137 Å². The number of rotatable bonds is 10. The van der Waals surface area contributed by atoms with Gasteiger partial charge < -0.3 is 30.2 Å². The average molecular weight is 555 g/mol. The molecule has 5 rings (SSSR count). The third-order valence-electron chi connectivity index (χ3n) is 7.21. The molecular weight excluding hydrogens is 520 g/mol. The zero-order chi connectivity index (χ0) is 29.4. The highest BCUT2D eigenvalue weighted by Crippen LogP contribution is 2.40. The zero-order valence-corrected chi connectivity index (χ0v) is 23.5. The number of hydrogen-bond acceptors (Lipinski definition) is 9. The smallest absolute Gasteiger partial charge is 0.255 e. The minimum absolute atomic E-state index is 0.0219. The fourth-order valence-corrected chi connectivity index (χ4v) is 4.95. The van der Waals surface area contributed by atoms with Crippen molar-refractivity contribution < 1.29 is 19.4 Å². The minimum Gasteiger partial charge on any atom is -0.417 e. The summed E-state index contributed by atoms with van der Waals surface area (Å²) in [5, 5.41) is 35.4. The molecule has 212 valence electrons. The van der Waals surface area contributed by atoms with Gasteiger partial charge in [0.05, 0.1) is 29.4 Å². The van der Waals surface area contributed by atoms with Crippen LogP contribution in [0.3, 0.4) is 0 Å². The second-order valence-electron chi connectivity index (χ2n) is 11.0. The molecule has 4 aromatic rings. The van der Waals surface area contributed by atoms with Gasteiger partial charge in [0, 0.05) is 30.1 Å². The molecule has 1 atom stereocenters. The summed E-state index contributed by atoms with van der Waals surface area (Å²) in [5.41, 5.74) is 2.53. The number of aliphatic hydroxyl groups is 2. The predicted octanol–water partition coefficient (Wildman–Crippen LogP) is 5.13. The van der Waals surface area contributed by atoms with E-state index in [9.17, 15) is 15.0 Å². The molecule has 2 aromatic heterocycles. The summed E-state index contributed by atoms with van der Waals surface area (Å²) in [7, 11) is 0. The number of amides is 1. The van der Waals surface area contributed by atoms with Crippen LogP contribution in [0.1, 0.15) is 61.1 Å². The molecule has 1 amide bonds. The van der Waals surface area contributed by atoms with Gasteiger partial charge in [0.15, 0.2) is 0 Å². The van der Waals surface area contributed by atoms with Crippen molar-refractivity contribution in [3.63, 3.8) is 0 Å². The van der Waals surface area contributed by atoms with E-state index >= 15 is 0 Å². The highest BCUT2D eigenvalue weighted by molar-refractivity contribution is 6.00. The van der Waals surface area contributed by atoms with Gasteiger partial charge in [-0.05, 0) is 57.0 Å². The number of nitrogens with one attached hydrogen (secondary N) is 2. The zero-order valence-electron chi connectivity index (χ0n) is 23.5. The first-order valence-electron chi connectivity index (χ1n) is 13.4. The Hall–Kier alpha value is -4.54. The number of carbonyl (C=O) groups excluding carboxylic acids is 1. The van der Waals surface area contributed by atoms with Crippen LogP contribution in [0.4, 0.5) is 17.2 Å². The number of anilines is 3. The first-order valence-corrected chi connectivity index (χ1v) is 13.4. The van der Waals surface area contributed by atoms with Gasteiger partial charge in [-0.25, -0.2) is 4.98 Å². The molecule has 10 nitrogen and oxygen atoms in total. The maximum absolute atomic E-state index is 13.0. The van der Waals surface area contributed by atoms with Gasteiger partial charge in [-0.3, -0.25) is 4.79 Å². The van der Waals surface area contributed by atoms with Crippen LogP contribution in [0.25, 0.3) is 11.5 Å². The van der Waals surface area contributed by atoms with Gasteiger partial charge in [0.25, 0.3) is 11.8 Å². The second kappa shape index (κ2) is 10.8. The molecule has 10 heteroatoms. The third-order valence-corrected chi connectivity index (χ3v) is 7.21. The van der Waals surface area contributed by atoms with Crippen molar-refractivity contribution in [2.75, 3.05) is 23.8 Å². The number of pyridine rings is 1. The standard InChI is InChI=1S/C31H34N6O4/c1-6-14-37-28(39)21-13-12-20(15-23(21)30(37,2)3)33-26-16-24(34-25(18-38)19-10-8-7-9-11-19)22(17-32-26)27-35-36-29(41-27)31(4,5)40/h6-13,15-17,25,38,40H,1,14,18H2,2-5H3,(H2,32,33,34)/t25-/m1/s1. The number of carbonyl (C=O) groups is 1. The van der Waals surface area contributed by atoms with E-state index in [1.165, 1.54) is 0 Å². The molecule has 4 N–H and O–H groups in total. The monoisotopic (exact) mass is 554 g/mol. The molecular formula is C31H34N6O4. The number of hydrogen-bond donors (Lipinski definition) is 4. The lowest BCUT2D eigenvalue weighted by atomic mass is 9.93. The summed E-state index contributed by atoms with van der Waals surface area (Å²) >= 11 is 0. The number of benzene rings is 2. The lowest BCUT2D eigenvalue weighted by molar-refractivity contribution is 0.0487. The van der Waals surface area contributed by atoms with E-state index < -0.39 is 17.2 Å². The Morgan fingerprint density at radius 3 is 2.54 bits per heavy atom. The van der Waals surface area contributed by atoms with E-state index in [0.717, 1.165) is 16.8 Å². The van der Waals surface area contributed by atoms with Crippen LogP contribution in [0.5, 0.6) is 0 Å². The van der Waals surface area contributed by atoms with Crippen LogP contribution in [0, 0.1) is 0 Å². The van der Waals surface area contributed by atoms with E-state index in [1.807, 2.05) is 62.4 Å². The lowest BCUT2D eigenvalue weighted by Crippen LogP contribution is -2.39. The predicted molar refractivity (Wildman–Crippen MR) is 157 cm³/mol. The Balaban J connectivity index is 1.51. The molecule has 1 aliphatic rings. The summed E-state index contributed by atoms with van der Waals surface area (Å²) in [4.78, 5) is 19.4. The van der Waals surface area contributed by atoms with Gasteiger partial charge in [-0.2, -0.15) is 0 Å². The highest BCUT2D eigenvalue weighted by atomic mass is 16.4. The molecule has 0 saturated carbocycles. The van der Waals surface area contributed by atoms with Crippen molar-refractivity contribution in [1.82, 2.24) is 20.1 Å². The maximum Gasteiger partial charge on any atom is 0.255 e. The Labute approximate surface area is 238 Å². The van der Waals surface area contributed by atoms with E-state index in [4.69, 9.17) is 4.42 Å². The quantitative estimate of drug-likeness (QED) is 0.197. The molecule has 0 fully saturated rings. The number of aromatic nitrogens is 3. The van der Waals surface area contributed by atoms with Gasteiger partial charge in [-0.1, -0.05) is 36.4 Å². The van der Waals surface area contributed by atoms with Crippen LogP contribution in [0.15, 0.2) is 77.9 Å². The maximum atomic E-state index is 13.0. The molecule has 1 aliphatic heterocycles. The van der Waals surface area contributed by atoms with E-state index in [1.54, 1.807) is 37.1 Å². The van der Waals surface area contributed by atoms with Gasteiger partial charge in [-0.15, -0.1) is 16.8 Å². The van der Waals surface area contributed by atoms with E-state index in [2.05, 4.69) is 32.4 Å². The lowest BCUT2D eigenvalue weighted by Gasteiger charge is -2.31. The first-order chi connectivity index (χ1) is 19.5. The fourth-order valence-electron chi connectivity index (χ4n) is 4.95. The molecule has 0 bridgehead atoms. The normalized spacial score (nSPS) is 15.0. The molecule has 2 aromatic carbocycles. The van der Waals surface area contributed by atoms with Crippen molar-refractivity contribution in [3.05, 3.63) is 96.0 Å². The van der Waals surface area contributed by atoms with Crippen molar-refractivity contribution in [1.29, 1.82) is 0 Å². The average Bonchev–Trinajstić information content (AvgIpc) is 3.51. The van der Waals surface area contributed by atoms with Crippen LogP contribution in [-0.2, 0) is 11.1 Å². The van der Waals surface area contributed by atoms with Crippen LogP contribution in [-0.4, -0.2) is 49.4 Å². The van der Waals surface area contributed by atoms with Crippen LogP contribution >= 0.6 is 0 Å². The van der Waals surface area contributed by atoms with Gasteiger partial charge >= 0.3 is 0 Å². The largest absolute Gasteiger partial charge is 0.417 e. The summed E-state index contributed by atoms with van der Waals surface area (Å²) in [6.07, 6.45) is 3.33. The molecule has 0 aliphatic carbocycles. The molecule has 3 heterocycles. The Morgan fingerprint density at radius 2 is 1.88 bits per heavy atom. The SMILES string of the molecule is C=CCN1C(=O)c2ccc(Nc3cc(N[C@H](CO)c4ccccc4)c(-c4nnc(C(C)(C)O)o4)cn3)cc2C1(C)C. The summed E-state index contributed by atoms with van der Waals surface area (Å²) in [6.45, 7) is 11.2. The van der Waals surface area contributed by atoms with Crippen molar-refractivity contribution >= 4 is 23.1 Å². The number of fused-ring (bicyclic) bond motifs is 1. The van der Waals surface area contributed by atoms with E-state index in [-0.39, 0.29) is 24.3 Å². The van der Waals surface area contributed by atoms with Crippen molar-refractivity contribution in [3.8, 4) is 11.5 Å². The molecule has 0 spiro atoms. The minimum atomic E-state index is -1.31. The van der Waals surface area contributed by atoms with Crippen molar-refractivity contribution in [2.24, 2.45) is 0 Å². The fraction of sp³-hybridized carbons (Fsp3) is 0.290. The third kappa shape index (κ3) is 5.44. The Kier molecular flexibility index (Phi) is 7.37. The van der Waals surface area contributed by atoms with Crippen LogP contribution in [0.2, 0.25) is 0 Å². The van der Waals surface area contributed by atoms with Crippen LogP contribution < -0.4 is 10.6 Å². The molecule has 0 unspecified atom stereocenters. The Bertz CT molecular complexity index is 1580. The van der Waals surface area contributed by atoms with Gasteiger partial charge in [0.1, 0.15) is 11.4 Å². The molecule has 0 radical (unpaired) electrons.